The van der Waals surface area contributed by atoms with E-state index >= 15 is 0 Å². The summed E-state index contributed by atoms with van der Waals surface area (Å²) in [5, 5.41) is 9.27. The van der Waals surface area contributed by atoms with Crippen LogP contribution >= 0.6 is 0 Å². The second-order valence-electron chi connectivity index (χ2n) is 5.81. The molecule has 118 valence electrons. The Morgan fingerprint density at radius 1 is 1.38 bits per heavy atom. The molecular formula is C15H24N2O3S. The van der Waals surface area contributed by atoms with E-state index in [1.165, 1.54) is 8.61 Å². The number of aliphatic hydroxyl groups excluding tert-OH is 1. The van der Waals surface area contributed by atoms with Crippen LogP contribution < -0.4 is 4.31 Å². The van der Waals surface area contributed by atoms with Crippen LogP contribution in [0.4, 0.5) is 5.69 Å². The topological polar surface area (TPSA) is 60.9 Å². The molecule has 1 aromatic carbocycles. The molecule has 1 heterocycles. The van der Waals surface area contributed by atoms with Crippen LogP contribution in [0.15, 0.2) is 18.2 Å². The summed E-state index contributed by atoms with van der Waals surface area (Å²) < 4.78 is 28.3. The van der Waals surface area contributed by atoms with Crippen molar-refractivity contribution in [3.63, 3.8) is 0 Å². The van der Waals surface area contributed by atoms with Crippen LogP contribution in [0.3, 0.4) is 0 Å². The Labute approximate surface area is 127 Å². The van der Waals surface area contributed by atoms with Gasteiger partial charge in [0, 0.05) is 26.7 Å². The third kappa shape index (κ3) is 3.39. The van der Waals surface area contributed by atoms with Gasteiger partial charge in [-0.2, -0.15) is 12.7 Å². The number of nitrogens with zero attached hydrogens (tertiary/aromatic N) is 2. The maximum absolute atomic E-state index is 12.8. The molecule has 6 heteroatoms. The summed E-state index contributed by atoms with van der Waals surface area (Å²) in [5.74, 6) is 0.0426. The van der Waals surface area contributed by atoms with Gasteiger partial charge in [-0.25, -0.2) is 0 Å². The van der Waals surface area contributed by atoms with E-state index in [1.807, 2.05) is 32.0 Å². The van der Waals surface area contributed by atoms with Crippen LogP contribution in [0.2, 0.25) is 0 Å². The van der Waals surface area contributed by atoms with Crippen molar-refractivity contribution in [3.05, 3.63) is 29.3 Å². The average molecular weight is 312 g/mol. The highest BCUT2D eigenvalue weighted by atomic mass is 32.2. The fourth-order valence-electron chi connectivity index (χ4n) is 2.84. The van der Waals surface area contributed by atoms with Gasteiger partial charge in [0.15, 0.2) is 0 Å². The van der Waals surface area contributed by atoms with Crippen LogP contribution in [-0.2, 0) is 10.2 Å². The molecule has 1 aromatic rings. The van der Waals surface area contributed by atoms with Gasteiger partial charge in [-0.15, -0.1) is 0 Å². The Bertz CT molecular complexity index is 601. The highest BCUT2D eigenvalue weighted by molar-refractivity contribution is 7.90. The molecule has 21 heavy (non-hydrogen) atoms. The minimum Gasteiger partial charge on any atom is -0.396 e. The lowest BCUT2D eigenvalue weighted by Crippen LogP contribution is -2.47. The largest absolute Gasteiger partial charge is 0.396 e. The first-order chi connectivity index (χ1) is 9.86. The Morgan fingerprint density at radius 3 is 2.71 bits per heavy atom. The van der Waals surface area contributed by atoms with E-state index in [0.29, 0.717) is 18.8 Å². The molecule has 1 saturated heterocycles. The van der Waals surface area contributed by atoms with E-state index in [1.54, 1.807) is 7.05 Å². The third-order valence-corrected chi connectivity index (χ3v) is 5.98. The molecule has 1 atom stereocenters. The van der Waals surface area contributed by atoms with Crippen molar-refractivity contribution in [1.29, 1.82) is 0 Å². The number of hydrogen-bond donors (Lipinski definition) is 1. The highest BCUT2D eigenvalue weighted by Gasteiger charge is 2.32. The summed E-state index contributed by atoms with van der Waals surface area (Å²) in [6.45, 7) is 4.87. The monoisotopic (exact) mass is 312 g/mol. The molecule has 1 aliphatic heterocycles. The van der Waals surface area contributed by atoms with E-state index in [0.717, 1.165) is 24.0 Å². The first-order valence-electron chi connectivity index (χ1n) is 7.28. The molecule has 1 unspecified atom stereocenters. The molecule has 0 amide bonds. The summed E-state index contributed by atoms with van der Waals surface area (Å²) in [7, 11) is -1.95. The molecule has 0 radical (unpaired) electrons. The van der Waals surface area contributed by atoms with Gasteiger partial charge in [0.1, 0.15) is 0 Å². The summed E-state index contributed by atoms with van der Waals surface area (Å²) in [4.78, 5) is 0. The number of piperidine rings is 1. The van der Waals surface area contributed by atoms with E-state index in [-0.39, 0.29) is 12.5 Å². The Morgan fingerprint density at radius 2 is 2.10 bits per heavy atom. The molecule has 1 fully saturated rings. The molecule has 1 aliphatic rings. The highest BCUT2D eigenvalue weighted by Crippen LogP contribution is 2.26. The number of anilines is 1. The first-order valence-corrected chi connectivity index (χ1v) is 8.68. The zero-order chi connectivity index (χ0) is 15.6. The number of aliphatic hydroxyl groups is 1. The molecule has 0 spiro atoms. The average Bonchev–Trinajstić information content (AvgIpc) is 2.46. The molecule has 0 saturated carbocycles. The van der Waals surface area contributed by atoms with Gasteiger partial charge in [0.25, 0.3) is 0 Å². The molecule has 0 aliphatic carbocycles. The molecule has 1 N–H and O–H groups in total. The Kier molecular flexibility index (Phi) is 4.91. The van der Waals surface area contributed by atoms with E-state index < -0.39 is 10.2 Å². The van der Waals surface area contributed by atoms with Gasteiger partial charge in [-0.05, 0) is 44.2 Å². The lowest BCUT2D eigenvalue weighted by molar-refractivity contribution is 0.165. The second kappa shape index (κ2) is 6.34. The van der Waals surface area contributed by atoms with Crippen molar-refractivity contribution in [3.8, 4) is 0 Å². The van der Waals surface area contributed by atoms with Gasteiger partial charge < -0.3 is 5.11 Å². The molecule has 0 bridgehead atoms. The van der Waals surface area contributed by atoms with Gasteiger partial charge in [0.05, 0.1) is 5.69 Å². The van der Waals surface area contributed by atoms with Crippen molar-refractivity contribution in [2.24, 2.45) is 5.92 Å². The van der Waals surface area contributed by atoms with Crippen LogP contribution in [0, 0.1) is 19.8 Å². The third-order valence-electron chi connectivity index (χ3n) is 4.10. The fraction of sp³-hybridized carbons (Fsp3) is 0.600. The zero-order valence-electron chi connectivity index (χ0n) is 12.9. The Hall–Kier alpha value is -1.11. The summed E-state index contributed by atoms with van der Waals surface area (Å²) >= 11 is 0. The lowest BCUT2D eigenvalue weighted by Gasteiger charge is -2.34. The van der Waals surface area contributed by atoms with E-state index in [2.05, 4.69) is 0 Å². The molecular weight excluding hydrogens is 288 g/mol. The normalized spacial score (nSPS) is 20.5. The predicted octanol–water partition coefficient (Wildman–Crippen LogP) is 1.69. The van der Waals surface area contributed by atoms with Crippen LogP contribution in [0.1, 0.15) is 24.0 Å². The molecule has 5 nitrogen and oxygen atoms in total. The van der Waals surface area contributed by atoms with E-state index in [4.69, 9.17) is 0 Å². The van der Waals surface area contributed by atoms with Crippen molar-refractivity contribution >= 4 is 15.9 Å². The van der Waals surface area contributed by atoms with Crippen LogP contribution in [0.25, 0.3) is 0 Å². The van der Waals surface area contributed by atoms with E-state index in [9.17, 15) is 13.5 Å². The zero-order valence-corrected chi connectivity index (χ0v) is 13.7. The maximum Gasteiger partial charge on any atom is 0.303 e. The smallest absolute Gasteiger partial charge is 0.303 e. The van der Waals surface area contributed by atoms with Crippen LogP contribution in [-0.4, -0.2) is 44.6 Å². The van der Waals surface area contributed by atoms with Gasteiger partial charge in [-0.1, -0.05) is 17.7 Å². The quantitative estimate of drug-likeness (QED) is 0.920. The molecule has 2 rings (SSSR count). The summed E-state index contributed by atoms with van der Waals surface area (Å²) in [6.07, 6.45) is 1.68. The van der Waals surface area contributed by atoms with Gasteiger partial charge in [0.2, 0.25) is 0 Å². The number of rotatable bonds is 4. The Balaban J connectivity index is 2.25. The summed E-state index contributed by atoms with van der Waals surface area (Å²) in [5.41, 5.74) is 2.75. The lowest BCUT2D eigenvalue weighted by atomic mass is 10.0. The second-order valence-corrected chi connectivity index (χ2v) is 7.77. The van der Waals surface area contributed by atoms with Crippen molar-refractivity contribution < 1.29 is 13.5 Å². The maximum atomic E-state index is 12.8. The van der Waals surface area contributed by atoms with Crippen molar-refractivity contribution in [2.75, 3.05) is 31.0 Å². The standard InChI is InChI=1S/C15H24N2O3S/c1-12-6-7-15(13(2)9-12)16(3)21(19,20)17-8-4-5-14(10-17)11-18/h6-7,9,14,18H,4-5,8,10-11H2,1-3H3. The fourth-order valence-corrected chi connectivity index (χ4v) is 4.40. The SMILES string of the molecule is Cc1ccc(N(C)S(=O)(=O)N2CCCC(CO)C2)c(C)c1. The summed E-state index contributed by atoms with van der Waals surface area (Å²) in [6, 6.07) is 5.74. The predicted molar refractivity (Wildman–Crippen MR) is 84.6 cm³/mol. The van der Waals surface area contributed by atoms with Crippen molar-refractivity contribution in [1.82, 2.24) is 4.31 Å². The number of aryl methyl sites for hydroxylation is 2. The number of hydrogen-bond acceptors (Lipinski definition) is 3. The van der Waals surface area contributed by atoms with Gasteiger partial charge in [-0.3, -0.25) is 4.31 Å². The van der Waals surface area contributed by atoms with Crippen LogP contribution in [0.5, 0.6) is 0 Å². The minimum atomic E-state index is -3.54. The first kappa shape index (κ1) is 16.3. The molecule has 0 aromatic heterocycles. The minimum absolute atomic E-state index is 0.0410. The van der Waals surface area contributed by atoms with Gasteiger partial charge >= 0.3 is 10.2 Å². The van der Waals surface area contributed by atoms with Crippen molar-refractivity contribution in [2.45, 2.75) is 26.7 Å². The number of benzene rings is 1.